The fourth-order valence-corrected chi connectivity index (χ4v) is 2.68. The number of aryl methyl sites for hydroxylation is 2. The van der Waals surface area contributed by atoms with Crippen molar-refractivity contribution in [2.24, 2.45) is 0 Å². The van der Waals surface area contributed by atoms with E-state index in [4.69, 9.17) is 4.74 Å². The van der Waals surface area contributed by atoms with E-state index in [1.54, 1.807) is 6.20 Å². The lowest BCUT2D eigenvalue weighted by molar-refractivity contribution is 0.0919. The molecule has 1 aliphatic rings. The molecule has 1 N–H and O–H groups in total. The molecule has 0 bridgehead atoms. The maximum atomic E-state index is 12.2. The summed E-state index contributed by atoms with van der Waals surface area (Å²) in [5, 5.41) is 3.02. The lowest BCUT2D eigenvalue weighted by Gasteiger charge is -2.28. The van der Waals surface area contributed by atoms with Gasteiger partial charge in [-0.15, -0.1) is 0 Å². The Kier molecular flexibility index (Phi) is 3.56. The molecule has 5 nitrogen and oxygen atoms in total. The molecule has 1 atom stereocenters. The number of ether oxygens (including phenoxy) is 1. The molecule has 21 heavy (non-hydrogen) atoms. The quantitative estimate of drug-likeness (QED) is 0.919. The number of benzene rings is 1. The Hall–Kier alpha value is -2.43. The highest BCUT2D eigenvalue weighted by Gasteiger charge is 2.25. The van der Waals surface area contributed by atoms with E-state index in [1.807, 2.05) is 13.8 Å². The van der Waals surface area contributed by atoms with Crippen LogP contribution in [0, 0.1) is 13.8 Å². The molecule has 1 aromatic carbocycles. The van der Waals surface area contributed by atoms with Crippen molar-refractivity contribution < 1.29 is 9.53 Å². The van der Waals surface area contributed by atoms with Crippen molar-refractivity contribution >= 4 is 5.91 Å². The molecule has 0 aliphatic carbocycles. The molecule has 2 aromatic rings. The van der Waals surface area contributed by atoms with E-state index in [-0.39, 0.29) is 11.9 Å². The number of aromatic nitrogens is 2. The molecular weight excluding hydrogens is 266 g/mol. The van der Waals surface area contributed by atoms with E-state index in [0.717, 1.165) is 28.9 Å². The van der Waals surface area contributed by atoms with Crippen LogP contribution in [-0.4, -0.2) is 22.5 Å². The smallest absolute Gasteiger partial charge is 0.271 e. The second-order valence-corrected chi connectivity index (χ2v) is 5.25. The van der Waals surface area contributed by atoms with Gasteiger partial charge in [0, 0.05) is 24.4 Å². The first kappa shape index (κ1) is 13.5. The van der Waals surface area contributed by atoms with Crippen molar-refractivity contribution in [1.29, 1.82) is 0 Å². The van der Waals surface area contributed by atoms with Crippen LogP contribution in [0.3, 0.4) is 0 Å². The van der Waals surface area contributed by atoms with Gasteiger partial charge in [0.05, 0.1) is 18.8 Å². The largest absolute Gasteiger partial charge is 0.493 e. The Morgan fingerprint density at radius 3 is 2.95 bits per heavy atom. The number of nitrogens with zero attached hydrogens (tertiary/aromatic N) is 2. The van der Waals surface area contributed by atoms with E-state index in [1.165, 1.54) is 12.4 Å². The Balaban J connectivity index is 1.87. The van der Waals surface area contributed by atoms with Gasteiger partial charge in [-0.1, -0.05) is 17.7 Å². The fraction of sp³-hybridized carbons (Fsp3) is 0.312. The monoisotopic (exact) mass is 283 g/mol. The zero-order valence-electron chi connectivity index (χ0n) is 12.1. The molecule has 0 fully saturated rings. The molecule has 0 unspecified atom stereocenters. The van der Waals surface area contributed by atoms with Gasteiger partial charge in [-0.25, -0.2) is 4.98 Å². The van der Waals surface area contributed by atoms with Crippen molar-refractivity contribution in [3.05, 3.63) is 53.1 Å². The average Bonchev–Trinajstić information content (AvgIpc) is 2.49. The van der Waals surface area contributed by atoms with Crippen LogP contribution in [0.4, 0.5) is 0 Å². The predicted molar refractivity (Wildman–Crippen MR) is 78.3 cm³/mol. The topological polar surface area (TPSA) is 64.1 Å². The summed E-state index contributed by atoms with van der Waals surface area (Å²) in [4.78, 5) is 20.2. The highest BCUT2D eigenvalue weighted by atomic mass is 16.5. The van der Waals surface area contributed by atoms with Gasteiger partial charge >= 0.3 is 0 Å². The predicted octanol–water partition coefficient (Wildman–Crippen LogP) is 2.35. The van der Waals surface area contributed by atoms with E-state index in [9.17, 15) is 4.79 Å². The van der Waals surface area contributed by atoms with Crippen molar-refractivity contribution in [2.75, 3.05) is 6.61 Å². The van der Waals surface area contributed by atoms with Crippen molar-refractivity contribution in [3.8, 4) is 5.75 Å². The SMILES string of the molecule is Cc1cc(C)c2c(c1)[C@@H](NC(=O)c1cnccn1)CCO2. The number of fused-ring (bicyclic) bond motifs is 1. The lowest BCUT2D eigenvalue weighted by atomic mass is 9.95. The van der Waals surface area contributed by atoms with Crippen molar-refractivity contribution in [2.45, 2.75) is 26.3 Å². The molecule has 5 heteroatoms. The van der Waals surface area contributed by atoms with Gasteiger partial charge in [-0.2, -0.15) is 0 Å². The number of hydrogen-bond acceptors (Lipinski definition) is 4. The van der Waals surface area contributed by atoms with Crippen LogP contribution in [0.1, 0.15) is 39.6 Å². The van der Waals surface area contributed by atoms with Gasteiger partial charge in [0.1, 0.15) is 11.4 Å². The summed E-state index contributed by atoms with van der Waals surface area (Å²) in [7, 11) is 0. The lowest BCUT2D eigenvalue weighted by Crippen LogP contribution is -2.33. The minimum Gasteiger partial charge on any atom is -0.493 e. The first-order chi connectivity index (χ1) is 10.1. The van der Waals surface area contributed by atoms with E-state index < -0.39 is 0 Å². The summed E-state index contributed by atoms with van der Waals surface area (Å²) in [6.07, 6.45) is 5.29. The maximum absolute atomic E-state index is 12.2. The van der Waals surface area contributed by atoms with Gasteiger partial charge in [0.2, 0.25) is 0 Å². The normalized spacial score (nSPS) is 16.8. The third-order valence-electron chi connectivity index (χ3n) is 3.58. The molecule has 1 aliphatic heterocycles. The maximum Gasteiger partial charge on any atom is 0.271 e. The van der Waals surface area contributed by atoms with Gasteiger partial charge in [0.15, 0.2) is 0 Å². The number of amides is 1. The number of nitrogens with one attached hydrogen (secondary N) is 1. The van der Waals surface area contributed by atoms with Gasteiger partial charge in [0.25, 0.3) is 5.91 Å². The molecule has 1 amide bonds. The third-order valence-corrected chi connectivity index (χ3v) is 3.58. The van der Waals surface area contributed by atoms with Crippen molar-refractivity contribution in [1.82, 2.24) is 15.3 Å². The third kappa shape index (κ3) is 2.72. The molecular formula is C16H17N3O2. The molecule has 0 spiro atoms. The Bertz CT molecular complexity index is 671. The summed E-state index contributed by atoms with van der Waals surface area (Å²) < 4.78 is 5.75. The molecule has 2 heterocycles. The Morgan fingerprint density at radius 2 is 2.19 bits per heavy atom. The second-order valence-electron chi connectivity index (χ2n) is 5.25. The van der Waals surface area contributed by atoms with E-state index in [0.29, 0.717) is 12.3 Å². The molecule has 0 saturated heterocycles. The molecule has 0 radical (unpaired) electrons. The van der Waals surface area contributed by atoms with Gasteiger partial charge in [-0.05, 0) is 19.4 Å². The van der Waals surface area contributed by atoms with E-state index in [2.05, 4.69) is 27.4 Å². The molecule has 1 aromatic heterocycles. The van der Waals surface area contributed by atoms with Crippen LogP contribution in [0.5, 0.6) is 5.75 Å². The fourth-order valence-electron chi connectivity index (χ4n) is 2.68. The highest BCUT2D eigenvalue weighted by molar-refractivity contribution is 5.92. The van der Waals surface area contributed by atoms with Crippen LogP contribution < -0.4 is 10.1 Å². The summed E-state index contributed by atoms with van der Waals surface area (Å²) in [6, 6.07) is 4.11. The van der Waals surface area contributed by atoms with Crippen LogP contribution >= 0.6 is 0 Å². The number of rotatable bonds is 2. The zero-order chi connectivity index (χ0) is 14.8. The second kappa shape index (κ2) is 5.52. The summed E-state index contributed by atoms with van der Waals surface area (Å²) in [6.45, 7) is 4.67. The van der Waals surface area contributed by atoms with Crippen LogP contribution in [0.2, 0.25) is 0 Å². The number of carbonyl (C=O) groups excluding carboxylic acids is 1. The number of carbonyl (C=O) groups is 1. The van der Waals surface area contributed by atoms with Crippen LogP contribution in [-0.2, 0) is 0 Å². The first-order valence-corrected chi connectivity index (χ1v) is 6.96. The Labute approximate surface area is 123 Å². The average molecular weight is 283 g/mol. The van der Waals surface area contributed by atoms with Gasteiger partial charge < -0.3 is 10.1 Å². The summed E-state index contributed by atoms with van der Waals surface area (Å²) >= 11 is 0. The van der Waals surface area contributed by atoms with Gasteiger partial charge in [-0.3, -0.25) is 9.78 Å². The van der Waals surface area contributed by atoms with Crippen molar-refractivity contribution in [3.63, 3.8) is 0 Å². The first-order valence-electron chi connectivity index (χ1n) is 6.96. The molecule has 3 rings (SSSR count). The highest BCUT2D eigenvalue weighted by Crippen LogP contribution is 2.35. The minimum absolute atomic E-state index is 0.0538. The number of hydrogen-bond donors (Lipinski definition) is 1. The van der Waals surface area contributed by atoms with E-state index >= 15 is 0 Å². The van der Waals surface area contributed by atoms with Crippen LogP contribution in [0.25, 0.3) is 0 Å². The Morgan fingerprint density at radius 1 is 1.33 bits per heavy atom. The van der Waals surface area contributed by atoms with Crippen LogP contribution in [0.15, 0.2) is 30.7 Å². The molecule has 108 valence electrons. The zero-order valence-corrected chi connectivity index (χ0v) is 12.1. The molecule has 0 saturated carbocycles. The standard InChI is InChI=1S/C16H17N3O2/c1-10-7-11(2)15-12(8-10)13(3-6-21-15)19-16(20)14-9-17-4-5-18-14/h4-5,7-9,13H,3,6H2,1-2H3,(H,19,20)/t13-/m0/s1. The minimum atomic E-state index is -0.208. The summed E-state index contributed by atoms with van der Waals surface area (Å²) in [5.41, 5.74) is 3.63. The summed E-state index contributed by atoms with van der Waals surface area (Å²) in [5.74, 6) is 0.677.